The lowest BCUT2D eigenvalue weighted by Gasteiger charge is -2.23. The molecule has 3 nitrogen and oxygen atoms in total. The number of aromatic amines is 1. The van der Waals surface area contributed by atoms with Crippen LogP contribution in [0.25, 0.3) is 10.9 Å². The Morgan fingerprint density at radius 1 is 1.09 bits per heavy atom. The molecular formula is C18H17ClN2O. The molecule has 0 atom stereocenters. The number of rotatable bonds is 3. The fourth-order valence-electron chi connectivity index (χ4n) is 2.53. The number of nitrogens with one attached hydrogen (secondary N) is 2. The van der Waals surface area contributed by atoms with E-state index in [2.05, 4.69) is 10.3 Å². The first-order valence-corrected chi connectivity index (χ1v) is 7.50. The number of anilines is 1. The molecule has 1 amide bonds. The van der Waals surface area contributed by atoms with Crippen LogP contribution in [0.3, 0.4) is 0 Å². The third-order valence-electron chi connectivity index (χ3n) is 3.93. The quantitative estimate of drug-likeness (QED) is 0.721. The Morgan fingerprint density at radius 3 is 2.50 bits per heavy atom. The topological polar surface area (TPSA) is 44.9 Å². The fraction of sp³-hybridized carbons (Fsp3) is 0.167. The molecule has 1 aromatic heterocycles. The third-order valence-corrected chi connectivity index (χ3v) is 4.18. The average molecular weight is 313 g/mol. The summed E-state index contributed by atoms with van der Waals surface area (Å²) in [6.07, 6.45) is 1.91. The Hall–Kier alpha value is -2.26. The van der Waals surface area contributed by atoms with Gasteiger partial charge in [0.1, 0.15) is 0 Å². The summed E-state index contributed by atoms with van der Waals surface area (Å²) in [6, 6.07) is 15.1. The second-order valence-electron chi connectivity index (χ2n) is 5.83. The maximum atomic E-state index is 12.7. The van der Waals surface area contributed by atoms with E-state index in [9.17, 15) is 4.79 Å². The average Bonchev–Trinajstić information content (AvgIpc) is 2.94. The van der Waals surface area contributed by atoms with Crippen molar-refractivity contribution in [3.8, 4) is 0 Å². The number of para-hydroxylation sites is 1. The monoisotopic (exact) mass is 312 g/mol. The molecule has 1 heterocycles. The number of hydrogen-bond donors (Lipinski definition) is 2. The number of fused-ring (bicyclic) bond motifs is 1. The molecule has 22 heavy (non-hydrogen) atoms. The molecule has 0 aliphatic rings. The van der Waals surface area contributed by atoms with E-state index < -0.39 is 5.41 Å². The molecule has 0 spiro atoms. The molecule has 0 aliphatic carbocycles. The molecule has 4 heteroatoms. The van der Waals surface area contributed by atoms with Gasteiger partial charge in [0.15, 0.2) is 0 Å². The molecule has 2 N–H and O–H groups in total. The van der Waals surface area contributed by atoms with E-state index in [-0.39, 0.29) is 5.91 Å². The Kier molecular flexibility index (Phi) is 3.67. The Bertz CT molecular complexity index is 818. The summed E-state index contributed by atoms with van der Waals surface area (Å²) in [5.41, 5.74) is 2.10. The van der Waals surface area contributed by atoms with E-state index in [1.165, 1.54) is 0 Å². The maximum Gasteiger partial charge on any atom is 0.234 e. The highest BCUT2D eigenvalue weighted by Crippen LogP contribution is 2.31. The van der Waals surface area contributed by atoms with Gasteiger partial charge in [-0.1, -0.05) is 29.8 Å². The minimum Gasteiger partial charge on any atom is -0.361 e. The van der Waals surface area contributed by atoms with E-state index in [0.29, 0.717) is 5.02 Å². The van der Waals surface area contributed by atoms with Gasteiger partial charge in [0.2, 0.25) is 5.91 Å². The van der Waals surface area contributed by atoms with Gasteiger partial charge < -0.3 is 10.3 Å². The molecular weight excluding hydrogens is 296 g/mol. The summed E-state index contributed by atoms with van der Waals surface area (Å²) in [5.74, 6) is -0.0559. The van der Waals surface area contributed by atoms with Gasteiger partial charge >= 0.3 is 0 Å². The Balaban J connectivity index is 1.91. The lowest BCUT2D eigenvalue weighted by molar-refractivity contribution is -0.120. The van der Waals surface area contributed by atoms with Crippen LogP contribution in [0, 0.1) is 0 Å². The van der Waals surface area contributed by atoms with E-state index in [1.807, 2.05) is 44.3 Å². The zero-order chi connectivity index (χ0) is 15.7. The van der Waals surface area contributed by atoms with Crippen LogP contribution in [-0.2, 0) is 10.2 Å². The van der Waals surface area contributed by atoms with Crippen molar-refractivity contribution in [3.63, 3.8) is 0 Å². The number of benzene rings is 2. The summed E-state index contributed by atoms with van der Waals surface area (Å²) < 4.78 is 0. The first-order chi connectivity index (χ1) is 10.5. The van der Waals surface area contributed by atoms with Crippen LogP contribution in [0.2, 0.25) is 5.02 Å². The smallest absolute Gasteiger partial charge is 0.234 e. The Morgan fingerprint density at radius 2 is 1.77 bits per heavy atom. The van der Waals surface area contributed by atoms with Crippen molar-refractivity contribution in [3.05, 3.63) is 65.3 Å². The van der Waals surface area contributed by atoms with E-state index in [4.69, 9.17) is 11.6 Å². The highest BCUT2D eigenvalue weighted by molar-refractivity contribution is 6.30. The predicted octanol–water partition coefficient (Wildman–Crippen LogP) is 4.74. The normalized spacial score (nSPS) is 11.6. The van der Waals surface area contributed by atoms with Crippen molar-refractivity contribution in [1.29, 1.82) is 0 Å². The summed E-state index contributed by atoms with van der Waals surface area (Å²) in [6.45, 7) is 3.85. The van der Waals surface area contributed by atoms with Crippen molar-refractivity contribution in [1.82, 2.24) is 4.98 Å². The fourth-order valence-corrected chi connectivity index (χ4v) is 2.66. The third kappa shape index (κ3) is 2.60. The van der Waals surface area contributed by atoms with Crippen molar-refractivity contribution in [2.45, 2.75) is 19.3 Å². The largest absolute Gasteiger partial charge is 0.361 e. The minimum atomic E-state index is -0.654. The number of halogens is 1. The SMILES string of the molecule is CC(C)(C(=O)Nc1ccc(Cl)cc1)c1c[nH]c2ccccc12. The van der Waals surface area contributed by atoms with Gasteiger partial charge in [-0.05, 0) is 49.7 Å². The lowest BCUT2D eigenvalue weighted by Crippen LogP contribution is -2.34. The minimum absolute atomic E-state index is 0.0559. The van der Waals surface area contributed by atoms with Crippen molar-refractivity contribution < 1.29 is 4.79 Å². The second-order valence-corrected chi connectivity index (χ2v) is 6.27. The Labute approximate surface area is 134 Å². The van der Waals surface area contributed by atoms with Crippen LogP contribution >= 0.6 is 11.6 Å². The first-order valence-electron chi connectivity index (χ1n) is 7.12. The number of aromatic nitrogens is 1. The van der Waals surface area contributed by atoms with E-state index >= 15 is 0 Å². The van der Waals surface area contributed by atoms with Gasteiger partial charge in [0, 0.05) is 27.8 Å². The van der Waals surface area contributed by atoms with Crippen LogP contribution < -0.4 is 5.32 Å². The van der Waals surface area contributed by atoms with Crippen molar-refractivity contribution in [2.24, 2.45) is 0 Å². The molecule has 112 valence electrons. The van der Waals surface area contributed by atoms with Gasteiger partial charge in [-0.3, -0.25) is 4.79 Å². The highest BCUT2D eigenvalue weighted by atomic mass is 35.5. The van der Waals surface area contributed by atoms with Crippen LogP contribution in [0.1, 0.15) is 19.4 Å². The van der Waals surface area contributed by atoms with Gasteiger partial charge in [0.25, 0.3) is 0 Å². The van der Waals surface area contributed by atoms with Gasteiger partial charge in [-0.25, -0.2) is 0 Å². The lowest BCUT2D eigenvalue weighted by atomic mass is 9.83. The molecule has 0 radical (unpaired) electrons. The van der Waals surface area contributed by atoms with Gasteiger partial charge in [-0.2, -0.15) is 0 Å². The highest BCUT2D eigenvalue weighted by Gasteiger charge is 2.32. The van der Waals surface area contributed by atoms with Crippen LogP contribution in [0.4, 0.5) is 5.69 Å². The molecule has 3 aromatic rings. The standard InChI is InChI=1S/C18H17ClN2O/c1-18(2,15-11-20-16-6-4-3-5-14(15)16)17(22)21-13-9-7-12(19)8-10-13/h3-11,20H,1-2H3,(H,21,22). The molecule has 0 unspecified atom stereocenters. The number of carbonyl (C=O) groups is 1. The molecule has 2 aromatic carbocycles. The summed E-state index contributed by atoms with van der Waals surface area (Å²) >= 11 is 5.87. The van der Waals surface area contributed by atoms with Crippen molar-refractivity contribution >= 4 is 34.1 Å². The number of H-pyrrole nitrogens is 1. The van der Waals surface area contributed by atoms with Gasteiger partial charge in [-0.15, -0.1) is 0 Å². The van der Waals surface area contributed by atoms with Gasteiger partial charge in [0.05, 0.1) is 5.41 Å². The number of hydrogen-bond acceptors (Lipinski definition) is 1. The molecule has 0 fully saturated rings. The molecule has 0 saturated heterocycles. The second kappa shape index (κ2) is 5.50. The van der Waals surface area contributed by atoms with Crippen LogP contribution in [0.5, 0.6) is 0 Å². The van der Waals surface area contributed by atoms with Crippen LogP contribution in [-0.4, -0.2) is 10.9 Å². The van der Waals surface area contributed by atoms with Crippen LogP contribution in [0.15, 0.2) is 54.7 Å². The predicted molar refractivity (Wildman–Crippen MR) is 91.4 cm³/mol. The van der Waals surface area contributed by atoms with E-state index in [0.717, 1.165) is 22.2 Å². The number of amides is 1. The molecule has 0 saturated carbocycles. The zero-order valence-electron chi connectivity index (χ0n) is 12.5. The zero-order valence-corrected chi connectivity index (χ0v) is 13.2. The summed E-state index contributed by atoms with van der Waals surface area (Å²) in [5, 5.41) is 4.67. The first kappa shape index (κ1) is 14.7. The van der Waals surface area contributed by atoms with E-state index in [1.54, 1.807) is 24.3 Å². The molecule has 3 rings (SSSR count). The summed E-state index contributed by atoms with van der Waals surface area (Å²) in [4.78, 5) is 15.9. The summed E-state index contributed by atoms with van der Waals surface area (Å²) in [7, 11) is 0. The number of carbonyl (C=O) groups excluding carboxylic acids is 1. The molecule has 0 aliphatic heterocycles. The molecule has 0 bridgehead atoms. The van der Waals surface area contributed by atoms with Crippen molar-refractivity contribution in [2.75, 3.05) is 5.32 Å². The maximum absolute atomic E-state index is 12.7.